The van der Waals surface area contributed by atoms with Crippen molar-refractivity contribution in [2.45, 2.75) is 6.92 Å². The molecule has 0 saturated carbocycles. The van der Waals surface area contributed by atoms with E-state index in [9.17, 15) is 0 Å². The van der Waals surface area contributed by atoms with Gasteiger partial charge in [-0.3, -0.25) is 0 Å². The minimum Gasteiger partial charge on any atom is -0.334 e. The minimum atomic E-state index is 0.929. The number of hydrogen-bond acceptors (Lipinski definition) is 1. The molecule has 0 aliphatic carbocycles. The van der Waals surface area contributed by atoms with Crippen molar-refractivity contribution in [1.82, 2.24) is 9.55 Å². The van der Waals surface area contributed by atoms with Crippen molar-refractivity contribution in [2.24, 2.45) is 7.05 Å². The summed E-state index contributed by atoms with van der Waals surface area (Å²) in [6, 6.07) is 8.14. The summed E-state index contributed by atoms with van der Waals surface area (Å²) in [6.45, 7) is 5.88. The Morgan fingerprint density at radius 1 is 1.31 bits per heavy atom. The summed E-state index contributed by atoms with van der Waals surface area (Å²) < 4.78 is 3.08. The van der Waals surface area contributed by atoms with E-state index in [1.165, 1.54) is 0 Å². The predicted molar refractivity (Wildman–Crippen MR) is 71.1 cm³/mol. The van der Waals surface area contributed by atoms with Crippen LogP contribution in [0.2, 0.25) is 0 Å². The van der Waals surface area contributed by atoms with Gasteiger partial charge in [0, 0.05) is 23.3 Å². The molecule has 0 aliphatic rings. The molecule has 1 heterocycles. The molecule has 16 heavy (non-hydrogen) atoms. The average Bonchev–Trinajstić information content (AvgIpc) is 2.61. The zero-order valence-electron chi connectivity index (χ0n) is 9.37. The molecule has 2 nitrogen and oxygen atoms in total. The third kappa shape index (κ3) is 2.09. The lowest BCUT2D eigenvalue weighted by atomic mass is 10.2. The maximum atomic E-state index is 4.56. The molecule has 0 spiro atoms. The van der Waals surface area contributed by atoms with Gasteiger partial charge in [-0.05, 0) is 24.6 Å². The first-order valence-electron chi connectivity index (χ1n) is 5.03. The number of aromatic nitrogens is 2. The van der Waals surface area contributed by atoms with Crippen LogP contribution in [-0.4, -0.2) is 9.55 Å². The second-order valence-corrected chi connectivity index (χ2v) is 4.76. The summed E-state index contributed by atoms with van der Waals surface area (Å²) in [5.41, 5.74) is 3.07. The van der Waals surface area contributed by atoms with Crippen LogP contribution in [0.4, 0.5) is 0 Å². The highest BCUT2D eigenvalue weighted by molar-refractivity contribution is 9.10. The molecule has 0 radical (unpaired) electrons. The molecule has 0 amide bonds. The normalized spacial score (nSPS) is 10.4. The Balaban J connectivity index is 2.45. The second-order valence-electron chi connectivity index (χ2n) is 3.85. The molecule has 0 unspecified atom stereocenters. The lowest BCUT2D eigenvalue weighted by Gasteiger charge is -1.96. The van der Waals surface area contributed by atoms with Gasteiger partial charge in [0.25, 0.3) is 0 Å². The van der Waals surface area contributed by atoms with Crippen molar-refractivity contribution in [3.63, 3.8) is 0 Å². The molecule has 1 aromatic carbocycles. The Morgan fingerprint density at radius 2 is 1.94 bits per heavy atom. The number of imidazole rings is 1. The second kappa shape index (κ2) is 4.26. The van der Waals surface area contributed by atoms with Gasteiger partial charge in [-0.2, -0.15) is 0 Å². The predicted octanol–water partition coefficient (Wildman–Crippen LogP) is 3.88. The van der Waals surface area contributed by atoms with Crippen LogP contribution in [-0.2, 0) is 7.05 Å². The van der Waals surface area contributed by atoms with E-state index >= 15 is 0 Å². The van der Waals surface area contributed by atoms with Gasteiger partial charge >= 0.3 is 0 Å². The van der Waals surface area contributed by atoms with E-state index in [1.807, 2.05) is 36.9 Å². The third-order valence-electron chi connectivity index (χ3n) is 2.40. The van der Waals surface area contributed by atoms with Crippen LogP contribution in [0, 0.1) is 0 Å². The van der Waals surface area contributed by atoms with Gasteiger partial charge in [0.2, 0.25) is 0 Å². The lowest BCUT2D eigenvalue weighted by Crippen LogP contribution is -1.92. The maximum absolute atomic E-state index is 4.56. The summed E-state index contributed by atoms with van der Waals surface area (Å²) in [6.07, 6.45) is 2.02. The Morgan fingerprint density at radius 3 is 2.44 bits per heavy atom. The molecule has 2 aromatic rings. The summed E-state index contributed by atoms with van der Waals surface area (Å²) in [4.78, 5) is 4.56. The van der Waals surface area contributed by atoms with E-state index in [0.717, 1.165) is 27.1 Å². The van der Waals surface area contributed by atoms with Crippen LogP contribution in [0.15, 0.2) is 41.5 Å². The summed E-state index contributed by atoms with van der Waals surface area (Å²) in [5, 5.41) is 0. The largest absolute Gasteiger partial charge is 0.334 e. The molecule has 0 saturated heterocycles. The van der Waals surface area contributed by atoms with Crippen LogP contribution in [0.5, 0.6) is 0 Å². The first-order valence-corrected chi connectivity index (χ1v) is 5.82. The Kier molecular flexibility index (Phi) is 2.97. The molecule has 0 N–H and O–H groups in total. The Hall–Kier alpha value is -1.35. The fraction of sp³-hybridized carbons (Fsp3) is 0.154. The molecule has 3 heteroatoms. The lowest BCUT2D eigenvalue weighted by molar-refractivity contribution is 0.889. The van der Waals surface area contributed by atoms with Gasteiger partial charge < -0.3 is 4.57 Å². The smallest absolute Gasteiger partial charge is 0.135 e. The summed E-state index contributed by atoms with van der Waals surface area (Å²) in [7, 11) is 1.99. The fourth-order valence-corrected chi connectivity index (χ4v) is 1.89. The first kappa shape index (κ1) is 11.1. The van der Waals surface area contributed by atoms with Crippen LogP contribution in [0.25, 0.3) is 16.8 Å². The van der Waals surface area contributed by atoms with Crippen molar-refractivity contribution in [3.05, 3.63) is 47.3 Å². The molecular formula is C13H13BrN2. The van der Waals surface area contributed by atoms with Gasteiger partial charge in [-0.1, -0.05) is 34.6 Å². The van der Waals surface area contributed by atoms with Crippen molar-refractivity contribution in [1.29, 1.82) is 0 Å². The van der Waals surface area contributed by atoms with E-state index in [1.54, 1.807) is 0 Å². The molecule has 1 aromatic heterocycles. The number of hydrogen-bond donors (Lipinski definition) is 0. The molecular weight excluding hydrogens is 264 g/mol. The molecule has 82 valence electrons. The first-order chi connectivity index (χ1) is 7.58. The summed E-state index contributed by atoms with van der Waals surface area (Å²) in [5.74, 6) is 0.929. The molecule has 0 bridgehead atoms. The number of rotatable bonds is 2. The van der Waals surface area contributed by atoms with E-state index in [-0.39, 0.29) is 0 Å². The average molecular weight is 277 g/mol. The van der Waals surface area contributed by atoms with Crippen LogP contribution in [0.3, 0.4) is 0 Å². The number of nitrogens with zero attached hydrogens (tertiary/aromatic N) is 2. The van der Waals surface area contributed by atoms with Crippen LogP contribution in [0.1, 0.15) is 12.7 Å². The number of allylic oxidation sites excluding steroid dienone is 1. The van der Waals surface area contributed by atoms with Crippen molar-refractivity contribution in [3.8, 4) is 11.3 Å². The van der Waals surface area contributed by atoms with Crippen molar-refractivity contribution in [2.75, 3.05) is 0 Å². The zero-order valence-corrected chi connectivity index (χ0v) is 11.0. The Labute approximate surface area is 104 Å². The van der Waals surface area contributed by atoms with Gasteiger partial charge in [-0.25, -0.2) is 4.98 Å². The van der Waals surface area contributed by atoms with Crippen LogP contribution < -0.4 is 0 Å². The maximum Gasteiger partial charge on any atom is 0.135 e. The number of aryl methyl sites for hydroxylation is 1. The highest BCUT2D eigenvalue weighted by Gasteiger charge is 2.07. The monoisotopic (exact) mass is 276 g/mol. The van der Waals surface area contributed by atoms with Crippen molar-refractivity contribution < 1.29 is 0 Å². The quantitative estimate of drug-likeness (QED) is 0.814. The minimum absolute atomic E-state index is 0.929. The number of halogens is 1. The number of benzene rings is 1. The Bertz CT molecular complexity index is 523. The van der Waals surface area contributed by atoms with Gasteiger partial charge in [0.1, 0.15) is 5.82 Å². The SMILES string of the molecule is C=C(C)c1nc(-c2ccc(Br)cc2)cn1C. The molecule has 0 aliphatic heterocycles. The zero-order chi connectivity index (χ0) is 11.7. The highest BCUT2D eigenvalue weighted by Crippen LogP contribution is 2.22. The van der Waals surface area contributed by atoms with Crippen LogP contribution >= 0.6 is 15.9 Å². The third-order valence-corrected chi connectivity index (χ3v) is 2.93. The highest BCUT2D eigenvalue weighted by atomic mass is 79.9. The fourth-order valence-electron chi connectivity index (χ4n) is 1.62. The molecule has 2 rings (SSSR count). The van der Waals surface area contributed by atoms with Gasteiger partial charge in [0.05, 0.1) is 5.69 Å². The van der Waals surface area contributed by atoms with E-state index in [0.29, 0.717) is 0 Å². The standard InChI is InChI=1S/C13H13BrN2/c1-9(2)13-15-12(8-16(13)3)10-4-6-11(14)7-5-10/h4-8H,1H2,2-3H3. The van der Waals surface area contributed by atoms with E-state index in [4.69, 9.17) is 0 Å². The van der Waals surface area contributed by atoms with Gasteiger partial charge in [0.15, 0.2) is 0 Å². The van der Waals surface area contributed by atoms with E-state index < -0.39 is 0 Å². The van der Waals surface area contributed by atoms with Crippen molar-refractivity contribution >= 4 is 21.5 Å². The molecule has 0 fully saturated rings. The summed E-state index contributed by atoms with van der Waals surface area (Å²) >= 11 is 3.42. The van der Waals surface area contributed by atoms with E-state index in [2.05, 4.69) is 39.6 Å². The molecule has 0 atom stereocenters. The van der Waals surface area contributed by atoms with Gasteiger partial charge in [-0.15, -0.1) is 0 Å². The topological polar surface area (TPSA) is 17.8 Å².